The lowest BCUT2D eigenvalue weighted by molar-refractivity contribution is -0.123. The van der Waals surface area contributed by atoms with Crippen molar-refractivity contribution < 1.29 is 12.3 Å². The van der Waals surface area contributed by atoms with Crippen molar-refractivity contribution in [3.8, 4) is 0 Å². The van der Waals surface area contributed by atoms with Crippen LogP contribution >= 0.6 is 0 Å². The second-order valence-electron chi connectivity index (χ2n) is 8.00. The summed E-state index contributed by atoms with van der Waals surface area (Å²) >= 11 is 0. The van der Waals surface area contributed by atoms with Crippen molar-refractivity contribution in [1.82, 2.24) is 20.4 Å². The van der Waals surface area contributed by atoms with Gasteiger partial charge in [0.15, 0.2) is 0 Å². The molecule has 0 saturated carbocycles. The molecule has 2 fully saturated rings. The number of hydrogen-bond donors (Lipinski definition) is 2. The van der Waals surface area contributed by atoms with E-state index in [0.717, 1.165) is 59.2 Å². The largest absolute Gasteiger partial charge is 0.379 e. The van der Waals surface area contributed by atoms with Gasteiger partial charge in [0.25, 0.3) is 0 Å². The van der Waals surface area contributed by atoms with Crippen LogP contribution in [0.4, 0.5) is 0 Å². The molecule has 1 spiro atoms. The molecule has 6 nitrogen and oxygen atoms in total. The average molecular weight is 361 g/mol. The van der Waals surface area contributed by atoms with Crippen molar-refractivity contribution in [2.75, 3.05) is 85.3 Å². The van der Waals surface area contributed by atoms with Gasteiger partial charge in [0.2, 0.25) is 0 Å². The van der Waals surface area contributed by atoms with E-state index in [0.29, 0.717) is 11.5 Å². The monoisotopic (exact) mass is 360 g/mol. The Hall–Kier alpha value is -0.240. The van der Waals surface area contributed by atoms with Gasteiger partial charge in [-0.1, -0.05) is 20.8 Å². The number of hydrogen-bond acceptors (Lipinski definition) is 6. The van der Waals surface area contributed by atoms with E-state index in [1.807, 2.05) is 0 Å². The van der Waals surface area contributed by atoms with Crippen LogP contribution in [0.15, 0.2) is 0 Å². The van der Waals surface area contributed by atoms with E-state index in [9.17, 15) is 0 Å². The number of rotatable bonds is 15. The highest BCUT2D eigenvalue weighted by molar-refractivity contribution is 5.05. The van der Waals surface area contributed by atoms with Gasteiger partial charge in [-0.25, -0.2) is 0 Å². The van der Waals surface area contributed by atoms with Crippen molar-refractivity contribution in [2.45, 2.75) is 33.2 Å². The predicted molar refractivity (Wildman–Crippen MR) is 107 cm³/mol. The van der Waals surface area contributed by atoms with Gasteiger partial charge in [-0.05, 0) is 13.0 Å². The molecule has 0 atom stereocenters. The molecule has 2 rings (SSSR count). The highest BCUT2D eigenvalue weighted by Gasteiger charge is 2.50. The van der Waals surface area contributed by atoms with E-state index in [4.69, 9.17) is 9.47 Å². The Morgan fingerprint density at radius 1 is 0.880 bits per heavy atom. The highest BCUT2D eigenvalue weighted by atomic mass is 16.5. The summed E-state index contributed by atoms with van der Waals surface area (Å²) in [6.07, 6.45) is 1.19. The van der Waals surface area contributed by atoms with Gasteiger partial charge in [0, 0.05) is 66.7 Å². The molecule has 2 aliphatic heterocycles. The molecule has 0 aromatic rings. The van der Waals surface area contributed by atoms with Gasteiger partial charge in [0.05, 0.1) is 26.4 Å². The second kappa shape index (κ2) is 11.5. The topological polar surface area (TPSA) is 49.0 Å². The maximum atomic E-state index is 5.70. The zero-order valence-corrected chi connectivity index (χ0v) is 16.7. The third-order valence-corrected chi connectivity index (χ3v) is 4.99. The molecule has 2 heterocycles. The first-order valence-electron chi connectivity index (χ1n) is 10.2. The van der Waals surface area contributed by atoms with Crippen molar-refractivity contribution >= 4 is 0 Å². The zero-order chi connectivity index (χ0) is 18.0. The van der Waals surface area contributed by atoms with Crippen LogP contribution < -0.4 is 10.6 Å². The summed E-state index contributed by atoms with van der Waals surface area (Å²) in [5.74, 6) is 0. The lowest BCUT2D eigenvalue weighted by Crippen LogP contribution is -2.72. The third kappa shape index (κ3) is 7.89. The van der Waals surface area contributed by atoms with Crippen LogP contribution in [0.25, 0.3) is 0 Å². The fourth-order valence-corrected chi connectivity index (χ4v) is 3.78. The molecular formula is C19H44N4O2. The Labute approximate surface area is 157 Å². The maximum Gasteiger partial charge on any atom is 0.0594 e. The third-order valence-electron chi connectivity index (χ3n) is 4.99. The zero-order valence-electron chi connectivity index (χ0n) is 16.7. The molecule has 152 valence electrons. The Morgan fingerprint density at radius 3 is 1.96 bits per heavy atom. The minimum absolute atomic E-state index is 0. The van der Waals surface area contributed by atoms with Crippen molar-refractivity contribution in [1.29, 1.82) is 0 Å². The van der Waals surface area contributed by atoms with E-state index < -0.39 is 0 Å². The Kier molecular flexibility index (Phi) is 9.66. The fourth-order valence-electron chi connectivity index (χ4n) is 3.78. The Morgan fingerprint density at radius 2 is 1.44 bits per heavy atom. The predicted octanol–water partition coefficient (Wildman–Crippen LogP) is 1.13. The standard InChI is InChI=1S/C19H40N4O2.2H2/c1-4-5-20-6-10-24-12-8-22-14-19(15-22)16-23(17-19)9-13-25-11-7-21-18(2)3;;/h18,20-21H,4-17H2,1-3H3;2*1H. The first-order chi connectivity index (χ1) is 12.1. The Bertz CT molecular complexity index is 351. The van der Waals surface area contributed by atoms with Gasteiger partial charge in [-0.15, -0.1) is 0 Å². The fraction of sp³-hybridized carbons (Fsp3) is 1.00. The van der Waals surface area contributed by atoms with E-state index in [1.165, 1.54) is 32.6 Å². The summed E-state index contributed by atoms with van der Waals surface area (Å²) in [4.78, 5) is 5.06. The summed E-state index contributed by atoms with van der Waals surface area (Å²) in [5, 5.41) is 6.74. The quantitative estimate of drug-likeness (QED) is 0.427. The van der Waals surface area contributed by atoms with Crippen molar-refractivity contribution in [3.63, 3.8) is 0 Å². The van der Waals surface area contributed by atoms with E-state index in [1.54, 1.807) is 0 Å². The lowest BCUT2D eigenvalue weighted by atomic mass is 9.73. The van der Waals surface area contributed by atoms with Gasteiger partial charge in [-0.2, -0.15) is 0 Å². The molecule has 0 amide bonds. The molecule has 0 unspecified atom stereocenters. The smallest absolute Gasteiger partial charge is 0.0594 e. The average Bonchev–Trinajstić information content (AvgIpc) is 2.51. The molecule has 2 N–H and O–H groups in total. The number of likely N-dealkylation sites (tertiary alicyclic amines) is 2. The molecule has 0 aliphatic carbocycles. The summed E-state index contributed by atoms with van der Waals surface area (Å²) in [6, 6.07) is 0.545. The van der Waals surface area contributed by atoms with Crippen LogP contribution in [0, 0.1) is 5.41 Å². The molecular weight excluding hydrogens is 316 g/mol. The maximum absolute atomic E-state index is 5.70. The van der Waals surface area contributed by atoms with Gasteiger partial charge < -0.3 is 20.1 Å². The molecule has 2 aliphatic rings. The lowest BCUT2D eigenvalue weighted by Gasteiger charge is -2.60. The summed E-state index contributed by atoms with van der Waals surface area (Å²) in [6.45, 7) is 20.1. The van der Waals surface area contributed by atoms with Crippen molar-refractivity contribution in [2.24, 2.45) is 5.41 Å². The summed E-state index contributed by atoms with van der Waals surface area (Å²) in [7, 11) is 0. The molecule has 6 heteroatoms. The van der Waals surface area contributed by atoms with Crippen LogP contribution in [0.1, 0.15) is 30.0 Å². The normalized spacial score (nSPS) is 20.2. The van der Waals surface area contributed by atoms with E-state index in [2.05, 4.69) is 41.2 Å². The SMILES string of the molecule is CCCNCCOCCN1CC2(C1)CN(CCOCCNC(C)C)C2.[HH].[HH]. The number of ether oxygens (including phenoxy) is 2. The van der Waals surface area contributed by atoms with Crippen molar-refractivity contribution in [3.05, 3.63) is 0 Å². The molecule has 0 radical (unpaired) electrons. The number of nitrogens with zero attached hydrogens (tertiary/aromatic N) is 2. The molecule has 0 aromatic heterocycles. The number of nitrogens with one attached hydrogen (secondary N) is 2. The second-order valence-corrected chi connectivity index (χ2v) is 8.00. The van der Waals surface area contributed by atoms with E-state index >= 15 is 0 Å². The summed E-state index contributed by atoms with van der Waals surface area (Å²) in [5.41, 5.74) is 0.585. The first-order valence-corrected chi connectivity index (χ1v) is 10.2. The minimum atomic E-state index is 0. The van der Waals surface area contributed by atoms with Crippen LogP contribution in [-0.2, 0) is 9.47 Å². The molecule has 25 heavy (non-hydrogen) atoms. The highest BCUT2D eigenvalue weighted by Crippen LogP contribution is 2.38. The molecule has 0 bridgehead atoms. The van der Waals surface area contributed by atoms with E-state index in [-0.39, 0.29) is 2.85 Å². The molecule has 2 saturated heterocycles. The van der Waals surface area contributed by atoms with Gasteiger partial charge in [0.1, 0.15) is 0 Å². The van der Waals surface area contributed by atoms with Crippen LogP contribution in [0.5, 0.6) is 0 Å². The van der Waals surface area contributed by atoms with Crippen LogP contribution in [0.3, 0.4) is 0 Å². The first kappa shape index (κ1) is 21.1. The van der Waals surface area contributed by atoms with Crippen LogP contribution in [0.2, 0.25) is 0 Å². The Balaban J connectivity index is 0.00000338. The molecule has 0 aromatic carbocycles. The minimum Gasteiger partial charge on any atom is -0.379 e. The van der Waals surface area contributed by atoms with Gasteiger partial charge in [-0.3, -0.25) is 9.80 Å². The van der Waals surface area contributed by atoms with Gasteiger partial charge >= 0.3 is 0 Å². The summed E-state index contributed by atoms with van der Waals surface area (Å²) < 4.78 is 11.4. The van der Waals surface area contributed by atoms with Crippen LogP contribution in [-0.4, -0.2) is 101 Å².